The Morgan fingerprint density at radius 2 is 1.84 bits per heavy atom. The van der Waals surface area contributed by atoms with E-state index in [9.17, 15) is 12.8 Å². The Morgan fingerprint density at radius 1 is 1.16 bits per heavy atom. The summed E-state index contributed by atoms with van der Waals surface area (Å²) in [7, 11) is -3.59. The van der Waals surface area contributed by atoms with E-state index < -0.39 is 10.0 Å². The van der Waals surface area contributed by atoms with Gasteiger partial charge in [-0.1, -0.05) is 12.1 Å². The molecule has 0 atom stereocenters. The van der Waals surface area contributed by atoms with Crippen LogP contribution in [0.15, 0.2) is 40.6 Å². The van der Waals surface area contributed by atoms with Gasteiger partial charge in [0.05, 0.1) is 6.61 Å². The van der Waals surface area contributed by atoms with Crippen LogP contribution in [0, 0.1) is 5.82 Å². The number of benzene rings is 1. The first-order valence-electron chi connectivity index (χ1n) is 5.45. The topological polar surface area (TPSA) is 66.4 Å². The normalized spacial score (nSPS) is 11.7. The van der Waals surface area contributed by atoms with Crippen LogP contribution in [0.4, 0.5) is 4.39 Å². The van der Waals surface area contributed by atoms with Crippen LogP contribution in [0.3, 0.4) is 0 Å². The molecular formula is C12H12FNO3S2. The van der Waals surface area contributed by atoms with Crippen molar-refractivity contribution in [2.75, 3.05) is 0 Å². The predicted molar refractivity (Wildman–Crippen MR) is 70.7 cm³/mol. The van der Waals surface area contributed by atoms with Gasteiger partial charge in [0.25, 0.3) is 0 Å². The van der Waals surface area contributed by atoms with E-state index in [0.29, 0.717) is 10.4 Å². The van der Waals surface area contributed by atoms with Crippen molar-refractivity contribution < 1.29 is 17.9 Å². The van der Waals surface area contributed by atoms with E-state index in [0.717, 1.165) is 11.3 Å². The van der Waals surface area contributed by atoms with Crippen LogP contribution < -0.4 is 4.72 Å². The quantitative estimate of drug-likeness (QED) is 0.886. The fourth-order valence-electron chi connectivity index (χ4n) is 1.44. The number of sulfonamides is 1. The Kier molecular flexibility index (Phi) is 4.31. The van der Waals surface area contributed by atoms with E-state index in [4.69, 9.17) is 5.11 Å². The van der Waals surface area contributed by atoms with Crippen molar-refractivity contribution >= 4 is 21.4 Å². The number of hydrogen-bond acceptors (Lipinski definition) is 4. The number of halogens is 1. The molecule has 4 nitrogen and oxygen atoms in total. The lowest BCUT2D eigenvalue weighted by Gasteiger charge is -2.04. The second kappa shape index (κ2) is 5.79. The molecule has 0 saturated heterocycles. The standard InChI is InChI=1S/C12H12FNO3S2/c13-10-3-1-9(2-4-10)7-14-19(16,17)12-6-5-11(8-15)18-12/h1-6,14-15H,7-8H2. The zero-order chi connectivity index (χ0) is 13.9. The first-order valence-corrected chi connectivity index (χ1v) is 7.75. The third kappa shape index (κ3) is 3.60. The van der Waals surface area contributed by atoms with Gasteiger partial charge < -0.3 is 5.11 Å². The monoisotopic (exact) mass is 301 g/mol. The van der Waals surface area contributed by atoms with Crippen LogP contribution >= 0.6 is 11.3 Å². The summed E-state index contributed by atoms with van der Waals surface area (Å²) in [5.41, 5.74) is 0.670. The van der Waals surface area contributed by atoms with Crippen molar-refractivity contribution in [2.45, 2.75) is 17.4 Å². The molecule has 19 heavy (non-hydrogen) atoms. The maximum absolute atomic E-state index is 12.7. The first kappa shape index (κ1) is 14.1. The third-order valence-corrected chi connectivity index (χ3v) is 5.40. The van der Waals surface area contributed by atoms with E-state index >= 15 is 0 Å². The fraction of sp³-hybridized carbons (Fsp3) is 0.167. The molecular weight excluding hydrogens is 289 g/mol. The van der Waals surface area contributed by atoms with E-state index in [1.54, 1.807) is 6.07 Å². The van der Waals surface area contributed by atoms with Gasteiger partial charge in [0, 0.05) is 11.4 Å². The molecule has 2 rings (SSSR count). The molecule has 0 unspecified atom stereocenters. The van der Waals surface area contributed by atoms with Crippen LogP contribution in [-0.2, 0) is 23.2 Å². The van der Waals surface area contributed by atoms with Gasteiger partial charge in [0.15, 0.2) is 0 Å². The summed E-state index contributed by atoms with van der Waals surface area (Å²) in [6.45, 7) is -0.0902. The molecule has 0 radical (unpaired) electrons. The van der Waals surface area contributed by atoms with Crippen LogP contribution in [-0.4, -0.2) is 13.5 Å². The maximum Gasteiger partial charge on any atom is 0.250 e. The van der Waals surface area contributed by atoms with Gasteiger partial charge in [-0.05, 0) is 29.8 Å². The highest BCUT2D eigenvalue weighted by atomic mass is 32.2. The summed E-state index contributed by atoms with van der Waals surface area (Å²) in [6.07, 6.45) is 0. The highest BCUT2D eigenvalue weighted by molar-refractivity contribution is 7.91. The van der Waals surface area contributed by atoms with Crippen LogP contribution in [0.2, 0.25) is 0 Å². The van der Waals surface area contributed by atoms with Crippen LogP contribution in [0.25, 0.3) is 0 Å². The predicted octanol–water partition coefficient (Wildman–Crippen LogP) is 1.86. The van der Waals surface area contributed by atoms with Gasteiger partial charge in [-0.2, -0.15) is 0 Å². The van der Waals surface area contributed by atoms with Gasteiger partial charge in [-0.3, -0.25) is 0 Å². The van der Waals surface area contributed by atoms with Crippen molar-refractivity contribution in [1.29, 1.82) is 0 Å². The zero-order valence-corrected chi connectivity index (χ0v) is 11.5. The summed E-state index contributed by atoms with van der Waals surface area (Å²) in [5.74, 6) is -0.363. The number of nitrogens with one attached hydrogen (secondary N) is 1. The molecule has 0 amide bonds. The van der Waals surface area contributed by atoms with Gasteiger partial charge in [0.2, 0.25) is 10.0 Å². The van der Waals surface area contributed by atoms with Crippen LogP contribution in [0.1, 0.15) is 10.4 Å². The van der Waals surface area contributed by atoms with E-state index in [1.165, 1.54) is 30.3 Å². The van der Waals surface area contributed by atoms with Gasteiger partial charge in [-0.15, -0.1) is 11.3 Å². The van der Waals surface area contributed by atoms with Gasteiger partial charge in [0.1, 0.15) is 10.0 Å². The maximum atomic E-state index is 12.7. The Hall–Kier alpha value is -1.28. The van der Waals surface area contributed by atoms with Gasteiger partial charge >= 0.3 is 0 Å². The van der Waals surface area contributed by atoms with Gasteiger partial charge in [-0.25, -0.2) is 17.5 Å². The number of thiophene rings is 1. The highest BCUT2D eigenvalue weighted by Crippen LogP contribution is 2.21. The third-order valence-electron chi connectivity index (χ3n) is 2.44. The summed E-state index contributed by atoms with van der Waals surface area (Å²) in [5, 5.41) is 8.91. The minimum atomic E-state index is -3.59. The minimum absolute atomic E-state index is 0.0922. The minimum Gasteiger partial charge on any atom is -0.391 e. The molecule has 0 fully saturated rings. The number of hydrogen-bond donors (Lipinski definition) is 2. The molecule has 2 N–H and O–H groups in total. The largest absolute Gasteiger partial charge is 0.391 e. The van der Waals surface area contributed by atoms with Crippen molar-refractivity contribution in [3.63, 3.8) is 0 Å². The van der Waals surface area contributed by atoms with E-state index in [1.807, 2.05) is 0 Å². The van der Waals surface area contributed by atoms with Crippen molar-refractivity contribution in [1.82, 2.24) is 4.72 Å². The van der Waals surface area contributed by atoms with Crippen LogP contribution in [0.5, 0.6) is 0 Å². The molecule has 1 aromatic heterocycles. The molecule has 7 heteroatoms. The summed E-state index contributed by atoms with van der Waals surface area (Å²) in [6, 6.07) is 8.61. The molecule has 1 aromatic carbocycles. The summed E-state index contributed by atoms with van der Waals surface area (Å²) >= 11 is 1.02. The first-order chi connectivity index (χ1) is 9.01. The molecule has 0 saturated carbocycles. The Bertz CT molecular complexity index is 650. The van der Waals surface area contributed by atoms with E-state index in [2.05, 4.69) is 4.72 Å². The molecule has 0 aliphatic carbocycles. The highest BCUT2D eigenvalue weighted by Gasteiger charge is 2.16. The van der Waals surface area contributed by atoms with Crippen molar-refractivity contribution in [2.24, 2.45) is 0 Å². The fourth-order valence-corrected chi connectivity index (χ4v) is 3.72. The number of aliphatic hydroxyl groups excluding tert-OH is 1. The lowest BCUT2D eigenvalue weighted by atomic mass is 10.2. The van der Waals surface area contributed by atoms with Crippen molar-refractivity contribution in [3.05, 3.63) is 52.7 Å². The summed E-state index contributed by atoms with van der Waals surface area (Å²) in [4.78, 5) is 0.585. The SMILES string of the molecule is O=S(=O)(NCc1ccc(F)cc1)c1ccc(CO)s1. The molecule has 102 valence electrons. The molecule has 0 bridgehead atoms. The Balaban J connectivity index is 2.07. The summed E-state index contributed by atoms with van der Waals surface area (Å²) < 4.78 is 39.2. The smallest absolute Gasteiger partial charge is 0.250 e. The Labute approximate surface area is 114 Å². The lowest BCUT2D eigenvalue weighted by Crippen LogP contribution is -2.22. The second-order valence-corrected chi connectivity index (χ2v) is 6.99. The number of aliphatic hydroxyl groups is 1. The lowest BCUT2D eigenvalue weighted by molar-refractivity contribution is 0.285. The van der Waals surface area contributed by atoms with Crippen molar-refractivity contribution in [3.8, 4) is 0 Å². The molecule has 0 aliphatic rings. The molecule has 0 aliphatic heterocycles. The molecule has 1 heterocycles. The molecule has 2 aromatic rings. The molecule has 0 spiro atoms. The number of rotatable bonds is 5. The zero-order valence-electron chi connectivity index (χ0n) is 9.84. The average molecular weight is 301 g/mol. The van der Waals surface area contributed by atoms with E-state index in [-0.39, 0.29) is 23.2 Å². The second-order valence-electron chi connectivity index (χ2n) is 3.83. The average Bonchev–Trinajstić information content (AvgIpc) is 2.88. The Morgan fingerprint density at radius 3 is 2.42 bits per heavy atom.